The average molecular weight is 1120 g/mol. The van der Waals surface area contributed by atoms with Gasteiger partial charge in [0.15, 0.2) is 0 Å². The van der Waals surface area contributed by atoms with Crippen LogP contribution in [0.3, 0.4) is 0 Å². The standard InChI is InChI=1S/C66H49N2.C7H15N.C5H5N.Co/c1-44-38-45(2)63(46(3)39-44)66(61-36-34-59(67-61)64-55(49-26-14-6-15-27-49)40-53(47-22-10-4-11-23-47)41-56(64)50-28-16-7-17-29-50)62-37-35-60(68-62)65-57(51-30-18-8-19-31-51)42-54(48-24-12-5-13-25-48)43-58(65)52-32-20-9-21-33-52;1-6(2,3)7(4,5)8;1-2-4-6-5-3-1;/h4-43H,1-3H3;1-5H3;1-5H;/q-1;;;/b66-61+;;;. The number of aromatic nitrogens is 2. The van der Waals surface area contributed by atoms with Crippen LogP contribution >= 0.6 is 0 Å². The van der Waals surface area contributed by atoms with Crippen molar-refractivity contribution >= 4 is 11.3 Å². The number of aliphatic imine (C=N–C) groups is 1. The molecular formula is C78H69CoN4-. The van der Waals surface area contributed by atoms with E-state index in [1.165, 1.54) is 27.8 Å². The van der Waals surface area contributed by atoms with Gasteiger partial charge >= 0.3 is 65.1 Å². The predicted molar refractivity (Wildman–Crippen MR) is 347 cm³/mol. The van der Waals surface area contributed by atoms with Crippen LogP contribution in [0.2, 0.25) is 0 Å². The SMILES string of the molecule is CC(C)(C)C(C)(C)[N]=[Co].Cc1cc(C)c(/C(=C2\C=CC(c3c(-c4ccccc4)cc(-c4ccccc4)cc3-c3ccccc3)=N2)c2ccc(-c3c(-c4ccccc4)cc(-c4ccccc4)cc3-c3ccccc3)[n-]2)c(C)c1.c1ccncc1. The van der Waals surface area contributed by atoms with Gasteiger partial charge in [-0.3, -0.25) is 4.98 Å². The smallest absolute Gasteiger partial charge is 0.0722 e. The number of nitrogens with zero attached hydrogens (tertiary/aromatic N) is 4. The zero-order valence-corrected chi connectivity index (χ0v) is 49.6. The van der Waals surface area contributed by atoms with E-state index in [2.05, 4.69) is 323 Å². The second-order valence-corrected chi connectivity index (χ2v) is 22.8. The Hall–Kier alpha value is -9.13. The number of pyridine rings is 1. The quantitative estimate of drug-likeness (QED) is 0.130. The molecule has 0 N–H and O–H groups in total. The summed E-state index contributed by atoms with van der Waals surface area (Å²) in [6.07, 6.45) is 7.91. The Balaban J connectivity index is 0.000000450. The van der Waals surface area contributed by atoms with Crippen molar-refractivity contribution in [3.63, 3.8) is 0 Å². The zero-order valence-electron chi connectivity index (χ0n) is 48.6. The third kappa shape index (κ3) is 13.1. The maximum absolute atomic E-state index is 5.69. The van der Waals surface area contributed by atoms with Gasteiger partial charge in [-0.2, -0.15) is 0 Å². The fourth-order valence-corrected chi connectivity index (χ4v) is 10.8. The summed E-state index contributed by atoms with van der Waals surface area (Å²) in [5, 5.41) is 0. The first-order valence-corrected chi connectivity index (χ1v) is 28.8. The number of rotatable bonds is 11. The predicted octanol–water partition coefficient (Wildman–Crippen LogP) is 20.7. The third-order valence-electron chi connectivity index (χ3n) is 15.6. The van der Waals surface area contributed by atoms with Crippen molar-refractivity contribution in [1.29, 1.82) is 0 Å². The van der Waals surface area contributed by atoms with Crippen molar-refractivity contribution in [2.45, 2.75) is 60.9 Å². The van der Waals surface area contributed by atoms with E-state index in [1.54, 1.807) is 12.4 Å². The molecule has 0 atom stereocenters. The molecule has 2 aromatic heterocycles. The van der Waals surface area contributed by atoms with Gasteiger partial charge in [-0.05, 0) is 164 Å². The molecule has 11 aromatic rings. The van der Waals surface area contributed by atoms with Gasteiger partial charge in [-0.25, -0.2) is 4.99 Å². The Morgan fingerprint density at radius 1 is 0.410 bits per heavy atom. The number of hydrogen-bond acceptors (Lipinski definition) is 3. The molecule has 0 fully saturated rings. The minimum atomic E-state index is -0.0347. The van der Waals surface area contributed by atoms with E-state index in [1.807, 2.05) is 18.2 Å². The van der Waals surface area contributed by atoms with Gasteiger partial charge in [0.25, 0.3) is 0 Å². The van der Waals surface area contributed by atoms with Crippen molar-refractivity contribution in [1.82, 2.24) is 9.97 Å². The molecule has 0 spiro atoms. The molecule has 0 bridgehead atoms. The Labute approximate surface area is 499 Å². The van der Waals surface area contributed by atoms with Crippen LogP contribution in [0.5, 0.6) is 0 Å². The number of hydrogen-bond donors (Lipinski definition) is 0. The summed E-state index contributed by atoms with van der Waals surface area (Å²) in [5.74, 6) is 0. The van der Waals surface area contributed by atoms with E-state index in [0.29, 0.717) is 0 Å². The van der Waals surface area contributed by atoms with E-state index in [-0.39, 0.29) is 11.0 Å². The van der Waals surface area contributed by atoms with Gasteiger partial charge in [0.05, 0.1) is 11.4 Å². The Kier molecular flexibility index (Phi) is 17.7. The largest absolute Gasteiger partial charge is 0.657 e. The first-order valence-electron chi connectivity index (χ1n) is 28.4. The van der Waals surface area contributed by atoms with Crippen molar-refractivity contribution < 1.29 is 15.5 Å². The van der Waals surface area contributed by atoms with Crippen molar-refractivity contribution in [2.75, 3.05) is 0 Å². The molecule has 0 amide bonds. The molecule has 4 nitrogen and oxygen atoms in total. The monoisotopic (exact) mass is 1120 g/mol. The molecule has 0 saturated heterocycles. The summed E-state index contributed by atoms with van der Waals surface area (Å²) >= 11 is 3.97. The molecule has 1 aliphatic heterocycles. The molecule has 411 valence electrons. The molecule has 12 rings (SSSR count). The molecule has 3 heterocycles. The summed E-state index contributed by atoms with van der Waals surface area (Å²) in [7, 11) is 0. The van der Waals surface area contributed by atoms with Crippen LogP contribution in [0.25, 0.3) is 83.6 Å². The first kappa shape index (κ1) is 57.1. The minimum absolute atomic E-state index is 0.0347. The summed E-state index contributed by atoms with van der Waals surface area (Å²) in [4.78, 5) is 15.2. The molecular weight excluding hydrogens is 1050 g/mol. The molecule has 5 heteroatoms. The first-order chi connectivity index (χ1) is 40.3. The Morgan fingerprint density at radius 3 is 1.12 bits per heavy atom. The van der Waals surface area contributed by atoms with Crippen molar-refractivity contribution in [2.24, 2.45) is 14.4 Å². The summed E-state index contributed by atoms with van der Waals surface area (Å²) in [5.41, 5.74) is 25.5. The van der Waals surface area contributed by atoms with E-state index >= 15 is 0 Å². The summed E-state index contributed by atoms with van der Waals surface area (Å²) < 4.78 is 3.98. The summed E-state index contributed by atoms with van der Waals surface area (Å²) in [6, 6.07) is 88.3. The topological polar surface area (TPSA) is 51.7 Å². The molecule has 9 aromatic carbocycles. The Morgan fingerprint density at radius 2 is 0.783 bits per heavy atom. The van der Waals surface area contributed by atoms with Crippen LogP contribution in [0.15, 0.2) is 288 Å². The van der Waals surface area contributed by atoms with Gasteiger partial charge < -0.3 is 4.98 Å². The van der Waals surface area contributed by atoms with Crippen LogP contribution in [-0.2, 0) is 15.5 Å². The van der Waals surface area contributed by atoms with E-state index in [4.69, 9.17) is 9.98 Å². The van der Waals surface area contributed by atoms with Gasteiger partial charge in [0.2, 0.25) is 0 Å². The maximum atomic E-state index is 5.69. The normalized spacial score (nSPS) is 12.6. The third-order valence-corrected chi connectivity index (χ3v) is 16.2. The number of benzene rings is 9. The molecule has 0 saturated carbocycles. The number of allylic oxidation sites excluding steroid dienone is 2. The van der Waals surface area contributed by atoms with Gasteiger partial charge in [0.1, 0.15) is 0 Å². The molecule has 83 heavy (non-hydrogen) atoms. The van der Waals surface area contributed by atoms with Crippen LogP contribution in [0, 0.1) is 26.2 Å². The summed E-state index contributed by atoms with van der Waals surface area (Å²) in [6.45, 7) is 17.2. The Bertz CT molecular complexity index is 3910. The van der Waals surface area contributed by atoms with E-state index < -0.39 is 0 Å². The fourth-order valence-electron chi connectivity index (χ4n) is 10.5. The van der Waals surface area contributed by atoms with Crippen LogP contribution in [-0.4, -0.2) is 16.2 Å². The van der Waals surface area contributed by atoms with Gasteiger partial charge in [-0.1, -0.05) is 218 Å². The molecule has 0 unspecified atom stereocenters. The molecule has 0 aliphatic carbocycles. The fraction of sp³-hybridized carbons (Fsp3) is 0.128. The van der Waals surface area contributed by atoms with Crippen molar-refractivity contribution in [3.05, 3.63) is 312 Å². The van der Waals surface area contributed by atoms with Crippen LogP contribution in [0.1, 0.15) is 68.1 Å². The van der Waals surface area contributed by atoms with Crippen LogP contribution < -0.4 is 4.98 Å². The minimum Gasteiger partial charge on any atom is -0.657 e. The zero-order chi connectivity index (χ0) is 57.9. The number of aryl methyl sites for hydroxylation is 3. The van der Waals surface area contributed by atoms with Crippen LogP contribution in [0.4, 0.5) is 0 Å². The average Bonchev–Trinajstić information content (AvgIpc) is 3.38. The van der Waals surface area contributed by atoms with E-state index in [0.717, 1.165) is 101 Å². The molecule has 1 aliphatic rings. The second-order valence-electron chi connectivity index (χ2n) is 22.6. The second kappa shape index (κ2) is 25.8. The van der Waals surface area contributed by atoms with Gasteiger partial charge in [0, 0.05) is 18.0 Å². The van der Waals surface area contributed by atoms with E-state index in [9.17, 15) is 0 Å². The van der Waals surface area contributed by atoms with Gasteiger partial charge in [-0.15, -0.1) is 11.4 Å². The van der Waals surface area contributed by atoms with Crippen molar-refractivity contribution in [3.8, 4) is 78.0 Å². The molecule has 0 radical (unpaired) electrons. The maximum Gasteiger partial charge on any atom is 0.0722 e.